The van der Waals surface area contributed by atoms with Crippen LogP contribution in [0.1, 0.15) is 17.2 Å². The van der Waals surface area contributed by atoms with Gasteiger partial charge in [0, 0.05) is 10.0 Å². The van der Waals surface area contributed by atoms with E-state index in [1.165, 1.54) is 23.1 Å². The molecule has 0 radical (unpaired) electrons. The zero-order valence-electron chi connectivity index (χ0n) is 16.3. The van der Waals surface area contributed by atoms with Crippen molar-refractivity contribution >= 4 is 60.1 Å². The van der Waals surface area contributed by atoms with E-state index in [2.05, 4.69) is 20.9 Å². The molecule has 5 rings (SSSR count). The van der Waals surface area contributed by atoms with Gasteiger partial charge >= 0.3 is 5.91 Å². The Morgan fingerprint density at radius 2 is 1.75 bits per heavy atom. The van der Waals surface area contributed by atoms with Crippen LogP contribution in [0.3, 0.4) is 0 Å². The number of hydrogen-bond donors (Lipinski definition) is 1. The maximum absolute atomic E-state index is 13.7. The molecule has 5 nitrogen and oxygen atoms in total. The van der Waals surface area contributed by atoms with Gasteiger partial charge in [-0.3, -0.25) is 14.5 Å². The third-order valence-corrected chi connectivity index (χ3v) is 6.77. The number of halogens is 2. The van der Waals surface area contributed by atoms with Crippen molar-refractivity contribution in [3.63, 3.8) is 0 Å². The SMILES string of the molecule is O=C1C(=O)N(c2nc3ccc(F)cc3s2)C(c2ccc(Br)cc2)C1=C(O)c1ccccc1. The maximum Gasteiger partial charge on any atom is 0.301 e. The third kappa shape index (κ3) is 3.41. The fraction of sp³-hybridized carbons (Fsp3) is 0.0417. The fourth-order valence-corrected chi connectivity index (χ4v) is 5.01. The molecular weight excluding hydrogens is 495 g/mol. The molecule has 158 valence electrons. The lowest BCUT2D eigenvalue weighted by atomic mass is 9.95. The minimum Gasteiger partial charge on any atom is -0.507 e. The number of amides is 1. The molecule has 1 aliphatic heterocycles. The summed E-state index contributed by atoms with van der Waals surface area (Å²) in [4.78, 5) is 32.0. The van der Waals surface area contributed by atoms with Gasteiger partial charge in [-0.1, -0.05) is 69.7 Å². The molecule has 8 heteroatoms. The van der Waals surface area contributed by atoms with E-state index >= 15 is 0 Å². The predicted molar refractivity (Wildman–Crippen MR) is 125 cm³/mol. The number of aromatic nitrogens is 1. The van der Waals surface area contributed by atoms with Crippen molar-refractivity contribution in [2.45, 2.75) is 6.04 Å². The highest BCUT2D eigenvalue weighted by Gasteiger charge is 2.48. The topological polar surface area (TPSA) is 70.5 Å². The third-order valence-electron chi connectivity index (χ3n) is 5.22. The van der Waals surface area contributed by atoms with Gasteiger partial charge in [0.2, 0.25) is 0 Å². The Balaban J connectivity index is 1.73. The molecule has 32 heavy (non-hydrogen) atoms. The molecule has 1 aromatic heterocycles. The number of hydrogen-bond acceptors (Lipinski definition) is 5. The zero-order valence-corrected chi connectivity index (χ0v) is 18.7. The largest absolute Gasteiger partial charge is 0.507 e. The number of anilines is 1. The summed E-state index contributed by atoms with van der Waals surface area (Å²) in [7, 11) is 0. The molecule has 1 amide bonds. The number of fused-ring (bicyclic) bond motifs is 1. The molecular formula is C24H14BrFN2O3S. The number of thiazole rings is 1. The molecule has 1 saturated heterocycles. The Morgan fingerprint density at radius 1 is 1.03 bits per heavy atom. The molecule has 3 aromatic carbocycles. The lowest BCUT2D eigenvalue weighted by Crippen LogP contribution is -2.29. The van der Waals surface area contributed by atoms with Gasteiger partial charge in [-0.05, 0) is 35.9 Å². The van der Waals surface area contributed by atoms with Crippen LogP contribution in [0.25, 0.3) is 16.0 Å². The van der Waals surface area contributed by atoms with Gasteiger partial charge in [0.1, 0.15) is 11.6 Å². The van der Waals surface area contributed by atoms with E-state index in [1.807, 2.05) is 0 Å². The van der Waals surface area contributed by atoms with E-state index in [9.17, 15) is 19.1 Å². The first-order valence-corrected chi connectivity index (χ1v) is 11.2. The summed E-state index contributed by atoms with van der Waals surface area (Å²) in [6.07, 6.45) is 0. The predicted octanol–water partition coefficient (Wildman–Crippen LogP) is 5.82. The van der Waals surface area contributed by atoms with E-state index in [0.29, 0.717) is 21.3 Å². The highest BCUT2D eigenvalue weighted by molar-refractivity contribution is 9.10. The monoisotopic (exact) mass is 508 g/mol. The molecule has 0 saturated carbocycles. The van der Waals surface area contributed by atoms with E-state index in [4.69, 9.17) is 0 Å². The summed E-state index contributed by atoms with van der Waals surface area (Å²) < 4.78 is 15.1. The number of nitrogens with zero attached hydrogens (tertiary/aromatic N) is 2. The van der Waals surface area contributed by atoms with Crippen molar-refractivity contribution < 1.29 is 19.1 Å². The highest BCUT2D eigenvalue weighted by Crippen LogP contribution is 2.44. The second-order valence-electron chi connectivity index (χ2n) is 7.20. The average molecular weight is 509 g/mol. The summed E-state index contributed by atoms with van der Waals surface area (Å²) in [5.74, 6) is -2.27. The molecule has 1 N–H and O–H groups in total. The zero-order chi connectivity index (χ0) is 22.4. The lowest BCUT2D eigenvalue weighted by molar-refractivity contribution is -0.132. The van der Waals surface area contributed by atoms with Crippen molar-refractivity contribution in [1.29, 1.82) is 0 Å². The Labute approximate surface area is 194 Å². The lowest BCUT2D eigenvalue weighted by Gasteiger charge is -2.23. The van der Waals surface area contributed by atoms with Crippen molar-refractivity contribution in [1.82, 2.24) is 4.98 Å². The van der Waals surface area contributed by atoms with Crippen LogP contribution in [0.4, 0.5) is 9.52 Å². The van der Waals surface area contributed by atoms with Gasteiger partial charge < -0.3 is 5.11 Å². The number of ketones is 1. The first-order chi connectivity index (χ1) is 15.4. The summed E-state index contributed by atoms with van der Waals surface area (Å²) >= 11 is 4.51. The molecule has 0 aliphatic carbocycles. The first-order valence-electron chi connectivity index (χ1n) is 9.62. The number of carbonyl (C=O) groups excluding carboxylic acids is 2. The molecule has 4 aromatic rings. The maximum atomic E-state index is 13.7. The van der Waals surface area contributed by atoms with Gasteiger partial charge in [-0.15, -0.1) is 0 Å². The second-order valence-corrected chi connectivity index (χ2v) is 9.12. The van der Waals surface area contributed by atoms with Gasteiger partial charge in [-0.25, -0.2) is 9.37 Å². The minimum atomic E-state index is -0.881. The van der Waals surface area contributed by atoms with Crippen LogP contribution < -0.4 is 4.90 Å². The fourth-order valence-electron chi connectivity index (χ4n) is 3.73. The van der Waals surface area contributed by atoms with E-state index in [-0.39, 0.29) is 16.5 Å². The van der Waals surface area contributed by atoms with Crippen LogP contribution in [0, 0.1) is 5.82 Å². The van der Waals surface area contributed by atoms with Crippen LogP contribution in [0.15, 0.2) is 82.8 Å². The molecule has 0 bridgehead atoms. The number of carbonyl (C=O) groups is 2. The Morgan fingerprint density at radius 3 is 2.47 bits per heavy atom. The van der Waals surface area contributed by atoms with Crippen molar-refractivity contribution in [2.75, 3.05) is 4.90 Å². The van der Waals surface area contributed by atoms with E-state index in [0.717, 1.165) is 15.8 Å². The van der Waals surface area contributed by atoms with Crippen LogP contribution in [0.5, 0.6) is 0 Å². The van der Waals surface area contributed by atoms with Crippen molar-refractivity contribution in [3.05, 3.63) is 99.8 Å². The average Bonchev–Trinajstić information content (AvgIpc) is 3.32. The Bertz CT molecular complexity index is 1400. The normalized spacial score (nSPS) is 17.9. The standard InChI is InChI=1S/C24H14BrFN2O3S/c25-15-8-6-13(7-9-15)20-19(21(29)14-4-2-1-3-5-14)22(30)23(31)28(20)24-27-17-11-10-16(26)12-18(17)32-24/h1-12,20,29H. The van der Waals surface area contributed by atoms with Crippen LogP contribution in [-0.4, -0.2) is 21.8 Å². The first kappa shape index (κ1) is 20.5. The van der Waals surface area contributed by atoms with Gasteiger partial charge in [-0.2, -0.15) is 0 Å². The van der Waals surface area contributed by atoms with Crippen molar-refractivity contribution in [2.24, 2.45) is 0 Å². The van der Waals surface area contributed by atoms with Crippen LogP contribution >= 0.6 is 27.3 Å². The molecule has 0 spiro atoms. The van der Waals surface area contributed by atoms with E-state index in [1.54, 1.807) is 54.6 Å². The molecule has 1 unspecified atom stereocenters. The number of aliphatic hydroxyl groups excluding tert-OH is 1. The van der Waals surface area contributed by atoms with Gasteiger partial charge in [0.05, 0.1) is 21.8 Å². The van der Waals surface area contributed by atoms with Gasteiger partial charge in [0.15, 0.2) is 5.13 Å². The Kier molecular flexibility index (Phi) is 5.11. The van der Waals surface area contributed by atoms with Crippen LogP contribution in [-0.2, 0) is 9.59 Å². The molecule has 1 aliphatic rings. The smallest absolute Gasteiger partial charge is 0.301 e. The summed E-state index contributed by atoms with van der Waals surface area (Å²) in [5.41, 5.74) is 1.56. The second kappa shape index (κ2) is 7.96. The summed E-state index contributed by atoms with van der Waals surface area (Å²) in [6, 6.07) is 19.0. The van der Waals surface area contributed by atoms with E-state index < -0.39 is 23.5 Å². The summed E-state index contributed by atoms with van der Waals surface area (Å²) in [5, 5.41) is 11.3. The molecule has 1 atom stereocenters. The van der Waals surface area contributed by atoms with Crippen LogP contribution in [0.2, 0.25) is 0 Å². The number of aliphatic hydroxyl groups is 1. The summed E-state index contributed by atoms with van der Waals surface area (Å²) in [6.45, 7) is 0. The highest BCUT2D eigenvalue weighted by atomic mass is 79.9. The quantitative estimate of drug-likeness (QED) is 0.215. The number of benzene rings is 3. The molecule has 2 heterocycles. The van der Waals surface area contributed by atoms with Gasteiger partial charge in [0.25, 0.3) is 5.78 Å². The minimum absolute atomic E-state index is 0.0195. The number of rotatable bonds is 3. The van der Waals surface area contributed by atoms with Crippen molar-refractivity contribution in [3.8, 4) is 0 Å². The number of Topliss-reactive ketones (excluding diaryl/α,β-unsaturated/α-hetero) is 1. The Hall–Kier alpha value is -3.36. The molecule has 1 fully saturated rings.